The molecule has 0 saturated heterocycles. The van der Waals surface area contributed by atoms with E-state index in [1.54, 1.807) is 12.1 Å². The molecule has 2 N–H and O–H groups in total. The number of hydrogen-bond acceptors (Lipinski definition) is 5. The van der Waals surface area contributed by atoms with Crippen molar-refractivity contribution >= 4 is 63.4 Å². The second-order valence-corrected chi connectivity index (χ2v) is 6.96. The van der Waals surface area contributed by atoms with Gasteiger partial charge < -0.3 is 20.1 Å². The molecule has 0 aliphatic carbocycles. The van der Waals surface area contributed by atoms with E-state index < -0.39 is 11.9 Å². The third-order valence-electron chi connectivity index (χ3n) is 3.24. The molecule has 0 aliphatic heterocycles. The highest BCUT2D eigenvalue weighted by molar-refractivity contribution is 14.1. The van der Waals surface area contributed by atoms with E-state index in [0.717, 1.165) is 3.57 Å². The van der Waals surface area contributed by atoms with Crippen molar-refractivity contribution in [2.24, 2.45) is 0 Å². The normalized spacial score (nSPS) is 10.2. The number of ether oxygens (including phenoxy) is 2. The molecular formula is C18H16ClIN2O5. The number of methoxy groups -OCH3 is 1. The first-order valence-electron chi connectivity index (χ1n) is 7.70. The van der Waals surface area contributed by atoms with Gasteiger partial charge in [0.05, 0.1) is 18.4 Å². The minimum Gasteiger partial charge on any atom is -0.465 e. The summed E-state index contributed by atoms with van der Waals surface area (Å²) in [4.78, 5) is 35.6. The first-order chi connectivity index (χ1) is 12.9. The fourth-order valence-electron chi connectivity index (χ4n) is 2.09. The molecule has 2 aromatic rings. The Labute approximate surface area is 174 Å². The Hall–Kier alpha value is -2.17. The van der Waals surface area contributed by atoms with Crippen molar-refractivity contribution in [1.29, 1.82) is 0 Å². The van der Waals surface area contributed by atoms with Gasteiger partial charge >= 0.3 is 5.97 Å². The van der Waals surface area contributed by atoms with Gasteiger partial charge in [-0.3, -0.25) is 9.59 Å². The number of carbonyl (C=O) groups is 3. The van der Waals surface area contributed by atoms with Crippen LogP contribution in [0.25, 0.3) is 0 Å². The lowest BCUT2D eigenvalue weighted by molar-refractivity contribution is -0.125. The lowest BCUT2D eigenvalue weighted by Gasteiger charge is -2.11. The SMILES string of the molecule is COC(=O)c1cc(Cl)ccc1NC(=O)COCC(=O)Nc1cccc(I)c1. The van der Waals surface area contributed by atoms with Crippen molar-refractivity contribution in [2.45, 2.75) is 0 Å². The van der Waals surface area contributed by atoms with Crippen LogP contribution in [-0.4, -0.2) is 38.1 Å². The van der Waals surface area contributed by atoms with Crippen LogP contribution in [0, 0.1) is 3.57 Å². The number of hydrogen-bond donors (Lipinski definition) is 2. The standard InChI is InChI=1S/C18H16ClIN2O5/c1-26-18(25)14-7-11(19)5-6-15(14)22-17(24)10-27-9-16(23)21-13-4-2-3-12(20)8-13/h2-8H,9-10H2,1H3,(H,21,23)(H,22,24). The number of esters is 1. The molecule has 2 rings (SSSR count). The minimum absolute atomic E-state index is 0.120. The van der Waals surface area contributed by atoms with Gasteiger partial charge in [-0.25, -0.2) is 4.79 Å². The van der Waals surface area contributed by atoms with E-state index in [-0.39, 0.29) is 30.4 Å². The number of halogens is 2. The Balaban J connectivity index is 1.84. The maximum absolute atomic E-state index is 12.0. The fourth-order valence-corrected chi connectivity index (χ4v) is 2.81. The van der Waals surface area contributed by atoms with Crippen LogP contribution in [0.3, 0.4) is 0 Å². The van der Waals surface area contributed by atoms with Crippen LogP contribution in [0.1, 0.15) is 10.4 Å². The van der Waals surface area contributed by atoms with E-state index >= 15 is 0 Å². The van der Waals surface area contributed by atoms with E-state index in [0.29, 0.717) is 10.7 Å². The van der Waals surface area contributed by atoms with E-state index in [1.807, 2.05) is 12.1 Å². The van der Waals surface area contributed by atoms with Crippen LogP contribution in [0.5, 0.6) is 0 Å². The Morgan fingerprint density at radius 1 is 1.04 bits per heavy atom. The molecule has 142 valence electrons. The van der Waals surface area contributed by atoms with Crippen molar-refractivity contribution in [3.05, 3.63) is 56.6 Å². The highest BCUT2D eigenvalue weighted by atomic mass is 127. The summed E-state index contributed by atoms with van der Waals surface area (Å²) in [6, 6.07) is 11.7. The molecule has 27 heavy (non-hydrogen) atoms. The summed E-state index contributed by atoms with van der Waals surface area (Å²) >= 11 is 7.99. The second kappa shape index (κ2) is 10.2. The summed E-state index contributed by atoms with van der Waals surface area (Å²) in [5.74, 6) is -1.54. The molecule has 9 heteroatoms. The number of rotatable bonds is 7. The number of amides is 2. The van der Waals surface area contributed by atoms with Gasteiger partial charge in [-0.1, -0.05) is 17.7 Å². The second-order valence-electron chi connectivity index (χ2n) is 5.28. The topological polar surface area (TPSA) is 93.7 Å². The highest BCUT2D eigenvalue weighted by Gasteiger charge is 2.15. The first-order valence-corrected chi connectivity index (χ1v) is 9.15. The molecule has 0 fully saturated rings. The molecule has 0 aliphatic rings. The zero-order valence-electron chi connectivity index (χ0n) is 14.3. The molecule has 0 saturated carbocycles. The average molecular weight is 503 g/mol. The lowest BCUT2D eigenvalue weighted by atomic mass is 10.2. The van der Waals surface area contributed by atoms with Gasteiger partial charge in [-0.15, -0.1) is 0 Å². The summed E-state index contributed by atoms with van der Waals surface area (Å²) in [6.07, 6.45) is 0. The number of benzene rings is 2. The minimum atomic E-state index is -0.634. The molecule has 2 amide bonds. The van der Waals surface area contributed by atoms with E-state index in [9.17, 15) is 14.4 Å². The molecule has 7 nitrogen and oxygen atoms in total. The summed E-state index contributed by atoms with van der Waals surface area (Å²) in [6.45, 7) is -0.646. The van der Waals surface area contributed by atoms with Gasteiger partial charge in [0.2, 0.25) is 11.8 Å². The molecule has 0 heterocycles. The molecule has 0 atom stereocenters. The summed E-state index contributed by atoms with van der Waals surface area (Å²) < 4.78 is 10.8. The molecule has 0 unspecified atom stereocenters. The average Bonchev–Trinajstić information content (AvgIpc) is 2.62. The molecule has 0 aromatic heterocycles. The van der Waals surface area contributed by atoms with Crippen molar-refractivity contribution in [3.8, 4) is 0 Å². The van der Waals surface area contributed by atoms with Crippen LogP contribution in [0.15, 0.2) is 42.5 Å². The predicted molar refractivity (Wildman–Crippen MR) is 110 cm³/mol. The van der Waals surface area contributed by atoms with Crippen LogP contribution in [0.4, 0.5) is 11.4 Å². The predicted octanol–water partition coefficient (Wildman–Crippen LogP) is 3.33. The van der Waals surface area contributed by atoms with Crippen molar-refractivity contribution < 1.29 is 23.9 Å². The van der Waals surface area contributed by atoms with Crippen LogP contribution >= 0.6 is 34.2 Å². The monoisotopic (exact) mass is 502 g/mol. The largest absolute Gasteiger partial charge is 0.465 e. The molecule has 0 bridgehead atoms. The molecule has 0 radical (unpaired) electrons. The van der Waals surface area contributed by atoms with Crippen LogP contribution in [-0.2, 0) is 19.1 Å². The molecule has 0 spiro atoms. The smallest absolute Gasteiger partial charge is 0.340 e. The number of anilines is 2. The molecule has 2 aromatic carbocycles. The number of carbonyl (C=O) groups excluding carboxylic acids is 3. The maximum atomic E-state index is 12.0. The Bertz CT molecular complexity index is 859. The van der Waals surface area contributed by atoms with Crippen LogP contribution in [0.2, 0.25) is 5.02 Å². The van der Waals surface area contributed by atoms with Crippen molar-refractivity contribution in [2.75, 3.05) is 31.0 Å². The third kappa shape index (κ3) is 6.81. The van der Waals surface area contributed by atoms with Gasteiger partial charge in [-0.05, 0) is 59.0 Å². The molecular weight excluding hydrogens is 487 g/mol. The lowest BCUT2D eigenvalue weighted by Crippen LogP contribution is -2.24. The van der Waals surface area contributed by atoms with Gasteiger partial charge in [-0.2, -0.15) is 0 Å². The maximum Gasteiger partial charge on any atom is 0.340 e. The van der Waals surface area contributed by atoms with Crippen LogP contribution < -0.4 is 10.6 Å². The van der Waals surface area contributed by atoms with E-state index in [2.05, 4.69) is 38.0 Å². The van der Waals surface area contributed by atoms with Gasteiger partial charge in [0.1, 0.15) is 13.2 Å². The summed E-state index contributed by atoms with van der Waals surface area (Å²) in [7, 11) is 1.23. The Kier molecular flexibility index (Phi) is 8.01. The van der Waals surface area contributed by atoms with Crippen molar-refractivity contribution in [1.82, 2.24) is 0 Å². The van der Waals surface area contributed by atoms with Gasteiger partial charge in [0.25, 0.3) is 0 Å². The first kappa shape index (κ1) is 21.1. The Morgan fingerprint density at radius 3 is 2.41 bits per heavy atom. The van der Waals surface area contributed by atoms with E-state index in [1.165, 1.54) is 25.3 Å². The summed E-state index contributed by atoms with van der Waals surface area (Å²) in [5, 5.41) is 5.53. The zero-order valence-corrected chi connectivity index (χ0v) is 17.2. The van der Waals surface area contributed by atoms with E-state index in [4.69, 9.17) is 16.3 Å². The zero-order chi connectivity index (χ0) is 19.8. The van der Waals surface area contributed by atoms with Gasteiger partial charge in [0, 0.05) is 14.3 Å². The van der Waals surface area contributed by atoms with Gasteiger partial charge in [0.15, 0.2) is 0 Å². The number of nitrogens with one attached hydrogen (secondary N) is 2. The Morgan fingerprint density at radius 2 is 1.74 bits per heavy atom. The summed E-state index contributed by atoms with van der Waals surface area (Å²) in [5.41, 5.74) is 1.00. The third-order valence-corrected chi connectivity index (χ3v) is 4.14. The quantitative estimate of drug-likeness (QED) is 0.448. The highest BCUT2D eigenvalue weighted by Crippen LogP contribution is 2.21. The fraction of sp³-hybridized carbons (Fsp3) is 0.167. The van der Waals surface area contributed by atoms with Crippen molar-refractivity contribution in [3.63, 3.8) is 0 Å².